The molecule has 0 atom stereocenters. The van der Waals surface area contributed by atoms with Crippen LogP contribution in [-0.2, 0) is 10.2 Å². The summed E-state index contributed by atoms with van der Waals surface area (Å²) in [5.74, 6) is 0.743. The molecule has 3 aromatic rings. The molecule has 4 nitrogen and oxygen atoms in total. The number of carbonyl (C=O) groups is 1. The number of anilines is 1. The maximum absolute atomic E-state index is 12.9. The quantitative estimate of drug-likeness (QED) is 0.726. The van der Waals surface area contributed by atoms with Gasteiger partial charge in [-0.3, -0.25) is 4.79 Å². The van der Waals surface area contributed by atoms with Crippen LogP contribution >= 0.6 is 11.6 Å². The molecule has 1 amide bonds. The summed E-state index contributed by atoms with van der Waals surface area (Å²) in [6, 6.07) is 17.2. The van der Waals surface area contributed by atoms with Gasteiger partial charge in [-0.05, 0) is 55.7 Å². The normalized spacial score (nSPS) is 14.7. The van der Waals surface area contributed by atoms with Gasteiger partial charge >= 0.3 is 0 Å². The van der Waals surface area contributed by atoms with Gasteiger partial charge in [-0.25, -0.2) is 9.97 Å². The van der Waals surface area contributed by atoms with Crippen molar-refractivity contribution >= 4 is 23.2 Å². The van der Waals surface area contributed by atoms with Crippen LogP contribution in [0.25, 0.3) is 11.3 Å². The molecule has 1 N–H and O–H groups in total. The van der Waals surface area contributed by atoms with E-state index in [1.165, 1.54) is 0 Å². The van der Waals surface area contributed by atoms with Crippen LogP contribution in [0.3, 0.4) is 0 Å². The molecule has 4 rings (SSSR count). The minimum atomic E-state index is -0.438. The fourth-order valence-corrected chi connectivity index (χ4v) is 3.29. The lowest BCUT2D eigenvalue weighted by molar-refractivity contribution is -0.118. The van der Waals surface area contributed by atoms with Gasteiger partial charge in [-0.15, -0.1) is 0 Å². The number of amides is 1. The van der Waals surface area contributed by atoms with E-state index in [0.29, 0.717) is 5.02 Å². The molecular weight excluding hydrogens is 346 g/mol. The Morgan fingerprint density at radius 2 is 1.88 bits per heavy atom. The van der Waals surface area contributed by atoms with E-state index in [1.54, 1.807) is 6.20 Å². The van der Waals surface area contributed by atoms with Gasteiger partial charge in [0.2, 0.25) is 5.91 Å². The van der Waals surface area contributed by atoms with Gasteiger partial charge < -0.3 is 5.32 Å². The summed E-state index contributed by atoms with van der Waals surface area (Å²) >= 11 is 5.97. The van der Waals surface area contributed by atoms with Crippen molar-refractivity contribution in [1.29, 1.82) is 0 Å². The Bertz CT molecular complexity index is 965. The van der Waals surface area contributed by atoms with Crippen molar-refractivity contribution in [2.75, 3.05) is 5.32 Å². The van der Waals surface area contributed by atoms with Crippen molar-refractivity contribution in [3.63, 3.8) is 0 Å². The van der Waals surface area contributed by atoms with Gasteiger partial charge in [0.05, 0.1) is 11.1 Å². The van der Waals surface area contributed by atoms with E-state index in [9.17, 15) is 4.79 Å². The van der Waals surface area contributed by atoms with Crippen LogP contribution in [0.4, 0.5) is 5.69 Å². The number of carbonyl (C=O) groups excluding carboxylic acids is 1. The first-order valence-electron chi connectivity index (χ1n) is 8.54. The minimum Gasteiger partial charge on any atom is -0.325 e. The summed E-state index contributed by atoms with van der Waals surface area (Å²) in [4.78, 5) is 21.5. The predicted octanol–water partition coefficient (Wildman–Crippen LogP) is 4.78. The molecule has 0 radical (unpaired) electrons. The largest absolute Gasteiger partial charge is 0.325 e. The highest BCUT2D eigenvalue weighted by Gasteiger charge is 2.51. The second-order valence-corrected chi connectivity index (χ2v) is 7.05. The summed E-state index contributed by atoms with van der Waals surface area (Å²) in [6.07, 6.45) is 3.44. The number of hydrogen-bond donors (Lipinski definition) is 1. The molecule has 5 heteroatoms. The molecule has 0 bridgehead atoms. The zero-order valence-corrected chi connectivity index (χ0v) is 15.1. The van der Waals surface area contributed by atoms with E-state index in [2.05, 4.69) is 15.3 Å². The first kappa shape index (κ1) is 16.7. The average Bonchev–Trinajstić information content (AvgIpc) is 3.45. The lowest BCUT2D eigenvalue weighted by Crippen LogP contribution is -2.27. The lowest BCUT2D eigenvalue weighted by Gasteiger charge is -2.16. The summed E-state index contributed by atoms with van der Waals surface area (Å²) in [5.41, 5.74) is 3.13. The molecule has 1 heterocycles. The van der Waals surface area contributed by atoms with Gasteiger partial charge in [0.15, 0.2) is 0 Å². The van der Waals surface area contributed by atoms with Crippen molar-refractivity contribution in [3.05, 3.63) is 77.2 Å². The van der Waals surface area contributed by atoms with Gasteiger partial charge in [-0.2, -0.15) is 0 Å². The summed E-state index contributed by atoms with van der Waals surface area (Å²) in [5, 5.41) is 3.75. The van der Waals surface area contributed by atoms with E-state index in [1.807, 2.05) is 61.5 Å². The Morgan fingerprint density at radius 3 is 2.58 bits per heavy atom. The molecule has 1 aromatic heterocycles. The second-order valence-electron chi connectivity index (χ2n) is 6.61. The molecule has 0 aliphatic heterocycles. The fraction of sp³-hybridized carbons (Fsp3) is 0.190. The Balaban J connectivity index is 1.57. The number of rotatable bonds is 4. The minimum absolute atomic E-state index is 0.0239. The molecule has 2 aromatic carbocycles. The third-order valence-corrected chi connectivity index (χ3v) is 5.03. The van der Waals surface area contributed by atoms with Crippen LogP contribution < -0.4 is 5.32 Å². The first-order valence-corrected chi connectivity index (χ1v) is 8.92. The van der Waals surface area contributed by atoms with Crippen molar-refractivity contribution in [2.24, 2.45) is 0 Å². The van der Waals surface area contributed by atoms with E-state index < -0.39 is 5.41 Å². The fourth-order valence-electron chi connectivity index (χ4n) is 3.16. The zero-order valence-electron chi connectivity index (χ0n) is 14.4. The predicted molar refractivity (Wildman–Crippen MR) is 103 cm³/mol. The number of hydrogen-bond acceptors (Lipinski definition) is 3. The van der Waals surface area contributed by atoms with Crippen molar-refractivity contribution in [3.8, 4) is 11.3 Å². The smallest absolute Gasteiger partial charge is 0.235 e. The highest BCUT2D eigenvalue weighted by Crippen LogP contribution is 2.49. The number of halogens is 1. The standard InChI is InChI=1S/C21H18ClN3O/c1-14-23-12-9-19(24-14)15-3-2-4-18(13-15)25-20(26)21(10-11-21)16-5-7-17(22)8-6-16/h2-9,12-13H,10-11H2,1H3,(H,25,26). The molecule has 0 saturated heterocycles. The van der Waals surface area contributed by atoms with E-state index in [0.717, 1.165) is 41.2 Å². The van der Waals surface area contributed by atoms with Crippen LogP contribution in [0.15, 0.2) is 60.8 Å². The van der Waals surface area contributed by atoms with Crippen LogP contribution in [0.1, 0.15) is 24.2 Å². The monoisotopic (exact) mass is 363 g/mol. The molecule has 1 saturated carbocycles. The molecule has 0 spiro atoms. The van der Waals surface area contributed by atoms with Gasteiger partial charge in [0, 0.05) is 22.5 Å². The Labute approximate surface area is 157 Å². The maximum Gasteiger partial charge on any atom is 0.235 e. The highest BCUT2D eigenvalue weighted by atomic mass is 35.5. The second kappa shape index (κ2) is 6.54. The summed E-state index contributed by atoms with van der Waals surface area (Å²) in [6.45, 7) is 1.86. The van der Waals surface area contributed by atoms with E-state index in [-0.39, 0.29) is 5.91 Å². The third kappa shape index (κ3) is 3.20. The van der Waals surface area contributed by atoms with Gasteiger partial charge in [-0.1, -0.05) is 35.9 Å². The van der Waals surface area contributed by atoms with Crippen LogP contribution in [0.5, 0.6) is 0 Å². The van der Waals surface area contributed by atoms with Crippen LogP contribution in [-0.4, -0.2) is 15.9 Å². The van der Waals surface area contributed by atoms with Gasteiger partial charge in [0.25, 0.3) is 0 Å². The highest BCUT2D eigenvalue weighted by molar-refractivity contribution is 6.30. The lowest BCUT2D eigenvalue weighted by atomic mass is 9.95. The molecule has 1 aliphatic rings. The molecule has 26 heavy (non-hydrogen) atoms. The Morgan fingerprint density at radius 1 is 1.12 bits per heavy atom. The van der Waals surface area contributed by atoms with Crippen LogP contribution in [0.2, 0.25) is 5.02 Å². The van der Waals surface area contributed by atoms with Crippen molar-refractivity contribution in [2.45, 2.75) is 25.2 Å². The Hall–Kier alpha value is -2.72. The molecular formula is C21H18ClN3O. The number of aromatic nitrogens is 2. The molecule has 1 fully saturated rings. The van der Waals surface area contributed by atoms with Crippen LogP contribution in [0, 0.1) is 6.92 Å². The SMILES string of the molecule is Cc1nccc(-c2cccc(NC(=O)C3(c4ccc(Cl)cc4)CC3)c2)n1. The van der Waals surface area contributed by atoms with E-state index in [4.69, 9.17) is 11.6 Å². The Kier molecular flexibility index (Phi) is 4.21. The number of nitrogens with zero attached hydrogens (tertiary/aromatic N) is 2. The summed E-state index contributed by atoms with van der Waals surface area (Å²) in [7, 11) is 0. The third-order valence-electron chi connectivity index (χ3n) is 4.77. The number of aryl methyl sites for hydroxylation is 1. The zero-order chi connectivity index (χ0) is 18.1. The number of nitrogens with one attached hydrogen (secondary N) is 1. The van der Waals surface area contributed by atoms with Crippen molar-refractivity contribution < 1.29 is 4.79 Å². The number of benzene rings is 2. The average molecular weight is 364 g/mol. The molecule has 0 unspecified atom stereocenters. The molecule has 1 aliphatic carbocycles. The first-order chi connectivity index (χ1) is 12.6. The maximum atomic E-state index is 12.9. The van der Waals surface area contributed by atoms with Gasteiger partial charge in [0.1, 0.15) is 5.82 Å². The van der Waals surface area contributed by atoms with E-state index >= 15 is 0 Å². The summed E-state index contributed by atoms with van der Waals surface area (Å²) < 4.78 is 0. The molecule has 130 valence electrons. The van der Waals surface area contributed by atoms with Crippen molar-refractivity contribution in [1.82, 2.24) is 9.97 Å². The topological polar surface area (TPSA) is 54.9 Å².